The Bertz CT molecular complexity index is 767. The second-order valence-electron chi connectivity index (χ2n) is 5.86. The summed E-state index contributed by atoms with van der Waals surface area (Å²) >= 11 is 0. The van der Waals surface area contributed by atoms with E-state index in [1.54, 1.807) is 20.8 Å². The van der Waals surface area contributed by atoms with Gasteiger partial charge in [0.2, 0.25) is 0 Å². The van der Waals surface area contributed by atoms with Crippen LogP contribution in [0.2, 0.25) is 0 Å². The first-order valence-corrected chi connectivity index (χ1v) is 8.33. The summed E-state index contributed by atoms with van der Waals surface area (Å²) in [4.78, 5) is 25.1. The quantitative estimate of drug-likeness (QED) is 0.546. The van der Waals surface area contributed by atoms with Crippen LogP contribution in [0, 0.1) is 5.92 Å². The van der Waals surface area contributed by atoms with Crippen molar-refractivity contribution in [1.82, 2.24) is 5.32 Å². The van der Waals surface area contributed by atoms with Crippen LogP contribution in [0.25, 0.3) is 0 Å². The highest BCUT2D eigenvalue weighted by Crippen LogP contribution is 2.43. The summed E-state index contributed by atoms with van der Waals surface area (Å²) in [7, 11) is 0. The van der Waals surface area contributed by atoms with E-state index >= 15 is 0 Å². The summed E-state index contributed by atoms with van der Waals surface area (Å²) in [6.45, 7) is 9.30. The number of nitrogens with one attached hydrogen (secondary N) is 1. The number of phenols is 2. The molecular weight excluding hydrogens is 338 g/mol. The average molecular weight is 361 g/mol. The van der Waals surface area contributed by atoms with Gasteiger partial charge < -0.3 is 25.0 Å². The highest BCUT2D eigenvalue weighted by atomic mass is 16.5. The molecule has 1 aromatic rings. The van der Waals surface area contributed by atoms with Gasteiger partial charge in [-0.25, -0.2) is 4.79 Å². The summed E-state index contributed by atoms with van der Waals surface area (Å²) in [6, 6.07) is 4.16. The fourth-order valence-corrected chi connectivity index (χ4v) is 3.08. The third-order valence-electron chi connectivity index (χ3n) is 4.17. The first-order valence-electron chi connectivity index (χ1n) is 8.33. The standard InChI is InChI=1S/C19H23NO6/c1-5-25-18(23)15-10(3)20-11(4)16(19(24)26-6-2)17(15)12-7-8-13(21)14(22)9-12/h7-9,15,17,20-22H,3,5-6H2,1-2,4H3. The highest BCUT2D eigenvalue weighted by molar-refractivity contribution is 5.94. The largest absolute Gasteiger partial charge is 0.504 e. The van der Waals surface area contributed by atoms with E-state index in [4.69, 9.17) is 9.47 Å². The fourth-order valence-electron chi connectivity index (χ4n) is 3.08. The van der Waals surface area contributed by atoms with Crippen LogP contribution in [-0.4, -0.2) is 35.4 Å². The van der Waals surface area contributed by atoms with E-state index in [1.165, 1.54) is 18.2 Å². The van der Waals surface area contributed by atoms with E-state index in [0.717, 1.165) is 0 Å². The Balaban J connectivity index is 2.64. The minimum atomic E-state index is -0.887. The molecule has 0 amide bonds. The van der Waals surface area contributed by atoms with Gasteiger partial charge in [-0.1, -0.05) is 12.6 Å². The minimum absolute atomic E-state index is 0.174. The number of allylic oxidation sites excluding steroid dienone is 1. The van der Waals surface area contributed by atoms with Gasteiger partial charge in [-0.2, -0.15) is 0 Å². The van der Waals surface area contributed by atoms with E-state index in [-0.39, 0.29) is 30.3 Å². The van der Waals surface area contributed by atoms with E-state index in [0.29, 0.717) is 17.0 Å². The molecule has 0 bridgehead atoms. The van der Waals surface area contributed by atoms with Gasteiger partial charge in [-0.15, -0.1) is 0 Å². The Morgan fingerprint density at radius 2 is 1.81 bits per heavy atom. The van der Waals surface area contributed by atoms with Crippen LogP contribution in [0.1, 0.15) is 32.3 Å². The van der Waals surface area contributed by atoms with Crippen molar-refractivity contribution in [3.05, 3.63) is 47.3 Å². The smallest absolute Gasteiger partial charge is 0.336 e. The van der Waals surface area contributed by atoms with Gasteiger partial charge in [0.25, 0.3) is 0 Å². The lowest BCUT2D eigenvalue weighted by Crippen LogP contribution is -2.39. The van der Waals surface area contributed by atoms with Crippen molar-refractivity contribution in [3.8, 4) is 11.5 Å². The normalized spacial score (nSPS) is 19.7. The first-order chi connectivity index (χ1) is 12.3. The van der Waals surface area contributed by atoms with E-state index in [9.17, 15) is 19.8 Å². The summed E-state index contributed by atoms with van der Waals surface area (Å²) in [5.74, 6) is -3.42. The van der Waals surface area contributed by atoms with Gasteiger partial charge in [0.1, 0.15) is 5.92 Å². The Morgan fingerprint density at radius 3 is 2.38 bits per heavy atom. The number of ether oxygens (including phenoxy) is 2. The highest BCUT2D eigenvalue weighted by Gasteiger charge is 2.43. The second-order valence-corrected chi connectivity index (χ2v) is 5.86. The van der Waals surface area contributed by atoms with Crippen molar-refractivity contribution >= 4 is 11.9 Å². The summed E-state index contributed by atoms with van der Waals surface area (Å²) in [6.07, 6.45) is 0. The number of phenolic OH excluding ortho intramolecular Hbond substituents is 2. The molecule has 0 spiro atoms. The summed E-state index contributed by atoms with van der Waals surface area (Å²) < 4.78 is 10.3. The van der Waals surface area contributed by atoms with Gasteiger partial charge in [0.15, 0.2) is 11.5 Å². The molecule has 1 aromatic carbocycles. The van der Waals surface area contributed by atoms with Crippen molar-refractivity contribution in [2.45, 2.75) is 26.7 Å². The molecule has 0 radical (unpaired) electrons. The number of esters is 2. The molecule has 2 rings (SSSR count). The van der Waals surface area contributed by atoms with Crippen LogP contribution in [0.4, 0.5) is 0 Å². The predicted molar refractivity (Wildman–Crippen MR) is 94.2 cm³/mol. The lowest BCUT2D eigenvalue weighted by atomic mass is 9.75. The van der Waals surface area contributed by atoms with Crippen molar-refractivity contribution in [1.29, 1.82) is 0 Å². The Morgan fingerprint density at radius 1 is 1.15 bits per heavy atom. The van der Waals surface area contributed by atoms with Gasteiger partial charge >= 0.3 is 11.9 Å². The molecule has 2 atom stereocenters. The number of hydrogen-bond donors (Lipinski definition) is 3. The number of hydrogen-bond acceptors (Lipinski definition) is 7. The number of rotatable bonds is 5. The molecule has 7 nitrogen and oxygen atoms in total. The molecular formula is C19H23NO6. The van der Waals surface area contributed by atoms with E-state index in [2.05, 4.69) is 11.9 Å². The maximum atomic E-state index is 12.6. The Hall–Kier alpha value is -2.96. The van der Waals surface area contributed by atoms with Crippen molar-refractivity contribution in [2.24, 2.45) is 5.92 Å². The second kappa shape index (κ2) is 7.95. The zero-order chi connectivity index (χ0) is 19.4. The molecule has 26 heavy (non-hydrogen) atoms. The van der Waals surface area contributed by atoms with Crippen molar-refractivity contribution in [2.75, 3.05) is 13.2 Å². The molecule has 0 saturated carbocycles. The fraction of sp³-hybridized carbons (Fsp3) is 0.368. The first kappa shape index (κ1) is 19.4. The molecule has 7 heteroatoms. The van der Waals surface area contributed by atoms with Crippen LogP contribution in [0.3, 0.4) is 0 Å². The van der Waals surface area contributed by atoms with Crippen LogP contribution >= 0.6 is 0 Å². The molecule has 1 aliphatic rings. The maximum absolute atomic E-state index is 12.6. The predicted octanol–water partition coefficient (Wildman–Crippen LogP) is 2.31. The molecule has 1 heterocycles. The van der Waals surface area contributed by atoms with Gasteiger partial charge in [0, 0.05) is 17.3 Å². The molecule has 0 saturated heterocycles. The SMILES string of the molecule is C=C1NC(C)=C(C(=O)OCC)C(c2ccc(O)c(O)c2)C1C(=O)OCC. The van der Waals surface area contributed by atoms with Gasteiger partial charge in [-0.3, -0.25) is 4.79 Å². The average Bonchev–Trinajstić information content (AvgIpc) is 2.57. The number of benzene rings is 1. The van der Waals surface area contributed by atoms with Crippen LogP contribution in [0.5, 0.6) is 11.5 Å². The third kappa shape index (κ3) is 3.66. The van der Waals surface area contributed by atoms with E-state index < -0.39 is 23.8 Å². The Kier molecular flexibility index (Phi) is 5.92. The van der Waals surface area contributed by atoms with E-state index in [1.807, 2.05) is 0 Å². The molecule has 0 fully saturated rings. The number of carbonyl (C=O) groups excluding carboxylic acids is 2. The molecule has 0 aromatic heterocycles. The summed E-state index contributed by atoms with van der Waals surface area (Å²) in [5, 5.41) is 22.4. The van der Waals surface area contributed by atoms with Crippen LogP contribution < -0.4 is 5.32 Å². The van der Waals surface area contributed by atoms with Crippen LogP contribution in [-0.2, 0) is 19.1 Å². The molecule has 0 aliphatic carbocycles. The third-order valence-corrected chi connectivity index (χ3v) is 4.17. The van der Waals surface area contributed by atoms with Gasteiger partial charge in [-0.05, 0) is 38.5 Å². The minimum Gasteiger partial charge on any atom is -0.504 e. The zero-order valence-electron chi connectivity index (χ0n) is 15.0. The van der Waals surface area contributed by atoms with Crippen molar-refractivity contribution < 1.29 is 29.3 Å². The number of aromatic hydroxyl groups is 2. The van der Waals surface area contributed by atoms with Gasteiger partial charge in [0.05, 0.1) is 18.8 Å². The lowest BCUT2D eigenvalue weighted by Gasteiger charge is -2.35. The number of carbonyl (C=O) groups is 2. The Labute approximate surface area is 151 Å². The molecule has 140 valence electrons. The molecule has 2 unspecified atom stereocenters. The van der Waals surface area contributed by atoms with Crippen molar-refractivity contribution in [3.63, 3.8) is 0 Å². The molecule has 3 N–H and O–H groups in total. The maximum Gasteiger partial charge on any atom is 0.336 e. The topological polar surface area (TPSA) is 105 Å². The zero-order valence-corrected chi connectivity index (χ0v) is 15.0. The molecule has 1 aliphatic heterocycles. The lowest BCUT2D eigenvalue weighted by molar-refractivity contribution is -0.147. The monoisotopic (exact) mass is 361 g/mol. The van der Waals surface area contributed by atoms with Crippen LogP contribution in [0.15, 0.2) is 41.7 Å². The summed E-state index contributed by atoms with van der Waals surface area (Å²) in [5.41, 5.74) is 1.60.